The molecule has 0 bridgehead atoms. The van der Waals surface area contributed by atoms with E-state index in [4.69, 9.17) is 0 Å². The zero-order valence-electron chi connectivity index (χ0n) is 14.9. The lowest BCUT2D eigenvalue weighted by Crippen LogP contribution is -2.49. The molecule has 0 saturated carbocycles. The van der Waals surface area contributed by atoms with E-state index < -0.39 is 18.0 Å². The normalized spacial score (nSPS) is 21.1. The fourth-order valence-electron chi connectivity index (χ4n) is 3.93. The molecule has 0 radical (unpaired) electrons. The maximum absolute atomic E-state index is 13.8. The minimum atomic E-state index is -4.46. The van der Waals surface area contributed by atoms with Crippen molar-refractivity contribution in [3.8, 4) is 0 Å². The van der Waals surface area contributed by atoms with Crippen LogP contribution in [-0.4, -0.2) is 35.3 Å². The molecular weight excluding hydrogens is 355 g/mol. The Morgan fingerprint density at radius 3 is 2.59 bits per heavy atom. The number of aryl methyl sites for hydroxylation is 1. The van der Waals surface area contributed by atoms with Gasteiger partial charge in [0.05, 0.1) is 0 Å². The summed E-state index contributed by atoms with van der Waals surface area (Å²) in [6, 6.07) is 6.50. The largest absolute Gasteiger partial charge is 0.431 e. The fraction of sp³-hybridized carbons (Fsp3) is 0.350. The van der Waals surface area contributed by atoms with Crippen LogP contribution in [0.25, 0.3) is 10.9 Å². The van der Waals surface area contributed by atoms with E-state index in [0.29, 0.717) is 11.2 Å². The van der Waals surface area contributed by atoms with Gasteiger partial charge in [-0.15, -0.1) is 0 Å². The standard InChI is InChI=1S/C20H20F3N3O/c1-13-11-18(27)24-16-8-7-14(12-15(13)16)26-17(20(21,22)23)5-4-6-19(26)25-9-2-3-10-25/h4-8,11-12,19H,2-3,9-10H2,1H3,(H,24,27). The van der Waals surface area contributed by atoms with Crippen LogP contribution in [-0.2, 0) is 0 Å². The molecule has 1 aromatic carbocycles. The maximum Gasteiger partial charge on any atom is 0.431 e. The fourth-order valence-corrected chi connectivity index (χ4v) is 3.93. The third-order valence-corrected chi connectivity index (χ3v) is 5.18. The number of anilines is 1. The van der Waals surface area contributed by atoms with Gasteiger partial charge in [-0.3, -0.25) is 9.69 Å². The number of allylic oxidation sites excluding steroid dienone is 3. The molecule has 1 aromatic heterocycles. The number of alkyl halides is 3. The first-order valence-corrected chi connectivity index (χ1v) is 8.97. The average molecular weight is 375 g/mol. The smallest absolute Gasteiger partial charge is 0.322 e. The monoisotopic (exact) mass is 375 g/mol. The number of nitrogens with one attached hydrogen (secondary N) is 1. The van der Waals surface area contributed by atoms with Gasteiger partial charge in [0.15, 0.2) is 0 Å². The number of H-pyrrole nitrogens is 1. The molecule has 3 heterocycles. The van der Waals surface area contributed by atoms with Gasteiger partial charge in [0.2, 0.25) is 5.56 Å². The van der Waals surface area contributed by atoms with Crippen molar-refractivity contribution in [3.05, 3.63) is 64.1 Å². The Balaban J connectivity index is 1.85. The summed E-state index contributed by atoms with van der Waals surface area (Å²) in [5.74, 6) is 0. The quantitative estimate of drug-likeness (QED) is 0.860. The molecule has 2 aliphatic rings. The van der Waals surface area contributed by atoms with Crippen LogP contribution in [0, 0.1) is 6.92 Å². The summed E-state index contributed by atoms with van der Waals surface area (Å²) in [6.07, 6.45) is 1.46. The first-order chi connectivity index (χ1) is 12.8. The van der Waals surface area contributed by atoms with Crippen molar-refractivity contribution in [1.29, 1.82) is 0 Å². The van der Waals surface area contributed by atoms with Gasteiger partial charge in [-0.2, -0.15) is 13.2 Å². The SMILES string of the molecule is Cc1cc(=O)[nH]c2ccc(N3C(C(F)(F)F)=CC=CC3N3CCCC3)cc12. The molecule has 1 N–H and O–H groups in total. The van der Waals surface area contributed by atoms with Crippen molar-refractivity contribution in [2.24, 2.45) is 0 Å². The van der Waals surface area contributed by atoms with E-state index in [9.17, 15) is 18.0 Å². The van der Waals surface area contributed by atoms with Gasteiger partial charge in [0, 0.05) is 35.7 Å². The van der Waals surface area contributed by atoms with Crippen LogP contribution in [0.15, 0.2) is 53.0 Å². The average Bonchev–Trinajstić information content (AvgIpc) is 3.14. The highest BCUT2D eigenvalue weighted by molar-refractivity contribution is 5.86. The number of aromatic nitrogens is 1. The Hall–Kier alpha value is -2.54. The van der Waals surface area contributed by atoms with Crippen LogP contribution in [0.4, 0.5) is 18.9 Å². The number of rotatable bonds is 2. The van der Waals surface area contributed by atoms with Crippen molar-refractivity contribution >= 4 is 16.6 Å². The number of hydrogen-bond acceptors (Lipinski definition) is 3. The van der Waals surface area contributed by atoms with Crippen LogP contribution >= 0.6 is 0 Å². The van der Waals surface area contributed by atoms with Gasteiger partial charge in [-0.1, -0.05) is 6.08 Å². The topological polar surface area (TPSA) is 39.3 Å². The minimum absolute atomic E-state index is 0.223. The molecule has 2 aliphatic heterocycles. The Morgan fingerprint density at radius 2 is 1.89 bits per heavy atom. The molecule has 1 saturated heterocycles. The molecule has 1 unspecified atom stereocenters. The molecule has 0 amide bonds. The van der Waals surface area contributed by atoms with Crippen molar-refractivity contribution < 1.29 is 13.2 Å². The Labute approximate surface area is 154 Å². The first-order valence-electron chi connectivity index (χ1n) is 8.97. The van der Waals surface area contributed by atoms with E-state index in [-0.39, 0.29) is 5.56 Å². The number of nitrogens with zero attached hydrogens (tertiary/aromatic N) is 2. The summed E-state index contributed by atoms with van der Waals surface area (Å²) >= 11 is 0. The van der Waals surface area contributed by atoms with E-state index in [0.717, 1.165) is 43.0 Å². The number of halogens is 3. The van der Waals surface area contributed by atoms with Crippen LogP contribution in [0.3, 0.4) is 0 Å². The lowest BCUT2D eigenvalue weighted by Gasteiger charge is -2.41. The zero-order chi connectivity index (χ0) is 19.2. The number of hydrogen-bond donors (Lipinski definition) is 1. The second kappa shape index (κ2) is 6.56. The molecule has 4 nitrogen and oxygen atoms in total. The van der Waals surface area contributed by atoms with Crippen molar-refractivity contribution in [2.45, 2.75) is 32.1 Å². The van der Waals surface area contributed by atoms with Crippen molar-refractivity contribution in [1.82, 2.24) is 9.88 Å². The van der Waals surface area contributed by atoms with Gasteiger partial charge in [-0.25, -0.2) is 0 Å². The predicted molar refractivity (Wildman–Crippen MR) is 99.7 cm³/mol. The second-order valence-electron chi connectivity index (χ2n) is 7.01. The molecule has 7 heteroatoms. The molecular formula is C20H20F3N3O. The molecule has 1 atom stereocenters. The van der Waals surface area contributed by atoms with Gasteiger partial charge >= 0.3 is 6.18 Å². The minimum Gasteiger partial charge on any atom is -0.322 e. The van der Waals surface area contributed by atoms with E-state index in [1.54, 1.807) is 25.1 Å². The molecule has 142 valence electrons. The number of aromatic amines is 1. The number of likely N-dealkylation sites (tertiary alicyclic amines) is 1. The summed E-state index contributed by atoms with van der Waals surface area (Å²) < 4.78 is 41.3. The van der Waals surface area contributed by atoms with Crippen LogP contribution in [0.5, 0.6) is 0 Å². The van der Waals surface area contributed by atoms with Crippen LogP contribution in [0.1, 0.15) is 18.4 Å². The highest BCUT2D eigenvalue weighted by Gasteiger charge is 2.42. The highest BCUT2D eigenvalue weighted by atomic mass is 19.4. The Morgan fingerprint density at radius 1 is 1.15 bits per heavy atom. The lowest BCUT2D eigenvalue weighted by atomic mass is 10.1. The molecule has 2 aromatic rings. The number of fused-ring (bicyclic) bond motifs is 1. The molecule has 27 heavy (non-hydrogen) atoms. The number of benzene rings is 1. The van der Waals surface area contributed by atoms with E-state index in [2.05, 4.69) is 9.88 Å². The van der Waals surface area contributed by atoms with Crippen LogP contribution < -0.4 is 10.5 Å². The lowest BCUT2D eigenvalue weighted by molar-refractivity contribution is -0.0950. The third kappa shape index (κ3) is 3.27. The van der Waals surface area contributed by atoms with Gasteiger partial charge in [0.25, 0.3) is 0 Å². The third-order valence-electron chi connectivity index (χ3n) is 5.18. The van der Waals surface area contributed by atoms with Gasteiger partial charge in [0.1, 0.15) is 11.9 Å². The summed E-state index contributed by atoms with van der Waals surface area (Å²) in [4.78, 5) is 17.8. The van der Waals surface area contributed by atoms with Gasteiger partial charge < -0.3 is 9.88 Å². The van der Waals surface area contributed by atoms with E-state index in [1.165, 1.54) is 17.0 Å². The van der Waals surface area contributed by atoms with E-state index in [1.807, 2.05) is 6.08 Å². The maximum atomic E-state index is 13.8. The van der Waals surface area contributed by atoms with Crippen LogP contribution in [0.2, 0.25) is 0 Å². The molecule has 0 spiro atoms. The molecule has 0 aliphatic carbocycles. The second-order valence-corrected chi connectivity index (χ2v) is 7.01. The first kappa shape index (κ1) is 17.9. The summed E-state index contributed by atoms with van der Waals surface area (Å²) in [6.45, 7) is 3.34. The zero-order valence-corrected chi connectivity index (χ0v) is 14.9. The molecule has 4 rings (SSSR count). The summed E-state index contributed by atoms with van der Waals surface area (Å²) in [5.41, 5.74) is 0.912. The van der Waals surface area contributed by atoms with Crippen molar-refractivity contribution in [3.63, 3.8) is 0 Å². The summed E-state index contributed by atoms with van der Waals surface area (Å²) in [5, 5.41) is 0.739. The molecule has 1 fully saturated rings. The summed E-state index contributed by atoms with van der Waals surface area (Å²) in [7, 11) is 0. The van der Waals surface area contributed by atoms with E-state index >= 15 is 0 Å². The predicted octanol–water partition coefficient (Wildman–Crippen LogP) is 4.08. The Kier molecular flexibility index (Phi) is 4.34. The highest BCUT2D eigenvalue weighted by Crippen LogP contribution is 2.38. The number of pyridine rings is 1. The van der Waals surface area contributed by atoms with Gasteiger partial charge in [-0.05, 0) is 55.7 Å². The Bertz CT molecular complexity index is 984. The van der Waals surface area contributed by atoms with Crippen molar-refractivity contribution in [2.75, 3.05) is 18.0 Å².